The fourth-order valence-electron chi connectivity index (χ4n) is 2.34. The van der Waals surface area contributed by atoms with Crippen LogP contribution in [0.4, 0.5) is 0 Å². The molecule has 2 rings (SSSR count). The molecule has 140 valence electrons. The van der Waals surface area contributed by atoms with Gasteiger partial charge in [0.25, 0.3) is 5.91 Å². The highest BCUT2D eigenvalue weighted by Crippen LogP contribution is 2.29. The second kappa shape index (κ2) is 9.88. The molecular weight excluding hydrogens is 344 g/mol. The van der Waals surface area contributed by atoms with Crippen LogP contribution >= 0.6 is 0 Å². The lowest BCUT2D eigenvalue weighted by Gasteiger charge is -2.13. The Morgan fingerprint density at radius 3 is 2.56 bits per heavy atom. The number of hydrogen-bond donors (Lipinski definition) is 1. The molecule has 2 aromatic rings. The number of nitriles is 1. The minimum atomic E-state index is -0.774. The molecule has 0 aliphatic carbocycles. The Hall–Kier alpha value is -3.46. The van der Waals surface area contributed by atoms with Gasteiger partial charge in [0.2, 0.25) is 0 Å². The van der Waals surface area contributed by atoms with E-state index >= 15 is 0 Å². The van der Waals surface area contributed by atoms with Crippen LogP contribution in [0.2, 0.25) is 0 Å². The van der Waals surface area contributed by atoms with Gasteiger partial charge in [-0.2, -0.15) is 5.26 Å². The molecule has 0 radical (unpaired) electrons. The maximum absolute atomic E-state index is 11.2. The molecule has 0 atom stereocenters. The smallest absolute Gasteiger partial charge is 0.259 e. The number of benzene rings is 2. The summed E-state index contributed by atoms with van der Waals surface area (Å²) in [6.45, 7) is 5.04. The Morgan fingerprint density at radius 1 is 1.11 bits per heavy atom. The number of carbonyl (C=O) groups is 1. The van der Waals surface area contributed by atoms with Gasteiger partial charge in [0, 0.05) is 0 Å². The predicted molar refractivity (Wildman–Crippen MR) is 103 cm³/mol. The molecule has 1 amide bonds. The summed E-state index contributed by atoms with van der Waals surface area (Å²) in [5.41, 5.74) is 6.78. The molecule has 2 aromatic carbocycles. The summed E-state index contributed by atoms with van der Waals surface area (Å²) in [6.07, 6.45) is 1.41. The van der Waals surface area contributed by atoms with Crippen molar-refractivity contribution in [1.29, 1.82) is 5.26 Å². The Kier molecular flexibility index (Phi) is 7.26. The Balaban J connectivity index is 2.03. The van der Waals surface area contributed by atoms with Gasteiger partial charge in [-0.1, -0.05) is 18.2 Å². The fraction of sp³-hybridized carbons (Fsp3) is 0.238. The first-order valence-electron chi connectivity index (χ1n) is 8.54. The number of rotatable bonds is 9. The van der Waals surface area contributed by atoms with Crippen molar-refractivity contribution in [2.75, 3.05) is 19.8 Å². The molecule has 6 nitrogen and oxygen atoms in total. The normalized spacial score (nSPS) is 10.8. The predicted octanol–water partition coefficient (Wildman–Crippen LogP) is 3.24. The van der Waals surface area contributed by atoms with Crippen LogP contribution in [0.5, 0.6) is 17.2 Å². The van der Waals surface area contributed by atoms with Gasteiger partial charge in [0.15, 0.2) is 11.5 Å². The second-order valence-corrected chi connectivity index (χ2v) is 5.69. The van der Waals surface area contributed by atoms with Gasteiger partial charge in [0.1, 0.15) is 30.6 Å². The minimum Gasteiger partial charge on any atom is -0.490 e. The molecule has 0 fully saturated rings. The lowest BCUT2D eigenvalue weighted by atomic mass is 10.1. The summed E-state index contributed by atoms with van der Waals surface area (Å²) >= 11 is 0. The minimum absolute atomic E-state index is 0.127. The summed E-state index contributed by atoms with van der Waals surface area (Å²) in [6, 6.07) is 14.7. The van der Waals surface area contributed by atoms with E-state index in [1.54, 1.807) is 24.3 Å². The maximum Gasteiger partial charge on any atom is 0.259 e. The molecule has 0 bridgehead atoms. The van der Waals surface area contributed by atoms with E-state index in [-0.39, 0.29) is 5.57 Å². The maximum atomic E-state index is 11.2. The van der Waals surface area contributed by atoms with Crippen molar-refractivity contribution in [3.05, 3.63) is 59.2 Å². The number of hydrogen-bond acceptors (Lipinski definition) is 5. The number of carbonyl (C=O) groups excluding carboxylic acids is 1. The molecule has 2 N–H and O–H groups in total. The van der Waals surface area contributed by atoms with E-state index in [2.05, 4.69) is 0 Å². The molecule has 0 unspecified atom stereocenters. The second-order valence-electron chi connectivity index (χ2n) is 5.69. The first kappa shape index (κ1) is 19.9. The monoisotopic (exact) mass is 366 g/mol. The third-order valence-electron chi connectivity index (χ3n) is 3.56. The first-order chi connectivity index (χ1) is 13.0. The van der Waals surface area contributed by atoms with Crippen molar-refractivity contribution in [1.82, 2.24) is 0 Å². The van der Waals surface area contributed by atoms with E-state index in [1.165, 1.54) is 6.08 Å². The molecule has 0 aliphatic heterocycles. The van der Waals surface area contributed by atoms with Gasteiger partial charge < -0.3 is 19.9 Å². The van der Waals surface area contributed by atoms with Crippen LogP contribution in [-0.4, -0.2) is 25.7 Å². The third-order valence-corrected chi connectivity index (χ3v) is 3.56. The average molecular weight is 366 g/mol. The van der Waals surface area contributed by atoms with Crippen molar-refractivity contribution in [2.24, 2.45) is 5.73 Å². The van der Waals surface area contributed by atoms with Crippen LogP contribution in [0.1, 0.15) is 18.1 Å². The molecule has 6 heteroatoms. The SMILES string of the molecule is CCOc1cc(/C=C(\C#N)C(N)=O)ccc1OCCOc1cccc(C)c1. The molecular formula is C21H22N2O4. The van der Waals surface area contributed by atoms with E-state index in [4.69, 9.17) is 25.2 Å². The van der Waals surface area contributed by atoms with Crippen molar-refractivity contribution in [2.45, 2.75) is 13.8 Å². The summed E-state index contributed by atoms with van der Waals surface area (Å²) in [4.78, 5) is 11.2. The van der Waals surface area contributed by atoms with Gasteiger partial charge in [-0.15, -0.1) is 0 Å². The summed E-state index contributed by atoms with van der Waals surface area (Å²) in [7, 11) is 0. The summed E-state index contributed by atoms with van der Waals surface area (Å²) in [5, 5.41) is 8.95. The van der Waals surface area contributed by atoms with Gasteiger partial charge in [0.05, 0.1) is 6.61 Å². The molecule has 0 aromatic heterocycles. The summed E-state index contributed by atoms with van der Waals surface area (Å²) in [5.74, 6) is 1.09. The number of nitrogens with two attached hydrogens (primary N) is 1. The lowest BCUT2D eigenvalue weighted by Crippen LogP contribution is -2.12. The Morgan fingerprint density at radius 2 is 1.89 bits per heavy atom. The van der Waals surface area contributed by atoms with Gasteiger partial charge in [-0.05, 0) is 55.3 Å². The molecule has 0 saturated carbocycles. The molecule has 0 saturated heterocycles. The van der Waals surface area contributed by atoms with Gasteiger partial charge in [-0.3, -0.25) is 4.79 Å². The Bertz CT molecular complexity index is 869. The lowest BCUT2D eigenvalue weighted by molar-refractivity contribution is -0.114. The molecule has 0 aliphatic rings. The highest BCUT2D eigenvalue weighted by molar-refractivity contribution is 6.00. The summed E-state index contributed by atoms with van der Waals surface area (Å²) < 4.78 is 17.0. The zero-order valence-electron chi connectivity index (χ0n) is 15.4. The van der Waals surface area contributed by atoms with E-state index in [1.807, 2.05) is 38.1 Å². The topological polar surface area (TPSA) is 94.6 Å². The first-order valence-corrected chi connectivity index (χ1v) is 8.54. The van der Waals surface area contributed by atoms with Crippen molar-refractivity contribution in [3.63, 3.8) is 0 Å². The van der Waals surface area contributed by atoms with Crippen molar-refractivity contribution < 1.29 is 19.0 Å². The third kappa shape index (κ3) is 6.08. The zero-order chi connectivity index (χ0) is 19.6. The van der Waals surface area contributed by atoms with Crippen LogP contribution in [0.3, 0.4) is 0 Å². The van der Waals surface area contributed by atoms with Crippen LogP contribution < -0.4 is 19.9 Å². The number of amides is 1. The van der Waals surface area contributed by atoms with E-state index in [0.29, 0.717) is 36.9 Å². The van der Waals surface area contributed by atoms with Crippen LogP contribution in [0.15, 0.2) is 48.0 Å². The number of nitrogens with zero attached hydrogens (tertiary/aromatic N) is 1. The average Bonchev–Trinajstić information content (AvgIpc) is 2.64. The zero-order valence-corrected chi connectivity index (χ0v) is 15.4. The fourth-order valence-corrected chi connectivity index (χ4v) is 2.34. The van der Waals surface area contributed by atoms with Crippen LogP contribution in [0, 0.1) is 18.3 Å². The van der Waals surface area contributed by atoms with Gasteiger partial charge in [-0.25, -0.2) is 0 Å². The van der Waals surface area contributed by atoms with Crippen LogP contribution in [0.25, 0.3) is 6.08 Å². The quantitative estimate of drug-likeness (QED) is 0.418. The van der Waals surface area contributed by atoms with E-state index < -0.39 is 5.91 Å². The van der Waals surface area contributed by atoms with Crippen molar-refractivity contribution >= 4 is 12.0 Å². The molecule has 27 heavy (non-hydrogen) atoms. The molecule has 0 spiro atoms. The van der Waals surface area contributed by atoms with E-state index in [0.717, 1.165) is 11.3 Å². The van der Waals surface area contributed by atoms with E-state index in [9.17, 15) is 4.79 Å². The molecule has 0 heterocycles. The van der Waals surface area contributed by atoms with Crippen LogP contribution in [-0.2, 0) is 4.79 Å². The largest absolute Gasteiger partial charge is 0.490 e. The Labute approximate surface area is 158 Å². The number of primary amides is 1. The number of ether oxygens (including phenoxy) is 3. The van der Waals surface area contributed by atoms with Crippen molar-refractivity contribution in [3.8, 4) is 23.3 Å². The highest BCUT2D eigenvalue weighted by atomic mass is 16.5. The van der Waals surface area contributed by atoms with Gasteiger partial charge >= 0.3 is 0 Å². The highest BCUT2D eigenvalue weighted by Gasteiger charge is 2.09. The number of aryl methyl sites for hydroxylation is 1. The standard InChI is InChI=1S/C21H22N2O4/c1-3-25-20-13-16(12-17(14-22)21(23)24)7-8-19(20)27-10-9-26-18-6-4-5-15(2)11-18/h4-8,11-13H,3,9-10H2,1-2H3,(H2,23,24)/b17-12+.